The number of nitrogens with zero attached hydrogens (tertiary/aromatic N) is 1. The molecule has 1 aliphatic rings. The first kappa shape index (κ1) is 17.1. The molecule has 5 heteroatoms. The summed E-state index contributed by atoms with van der Waals surface area (Å²) < 4.78 is 31.1. The van der Waals surface area contributed by atoms with E-state index in [0.29, 0.717) is 5.92 Å². The topological polar surface area (TPSA) is 50.1 Å². The predicted molar refractivity (Wildman–Crippen MR) is 81.4 cm³/mol. The monoisotopic (exact) mass is 319 g/mol. The van der Waals surface area contributed by atoms with Crippen molar-refractivity contribution in [2.24, 2.45) is 11.8 Å². The van der Waals surface area contributed by atoms with Gasteiger partial charge in [-0.05, 0) is 56.6 Å². The molecule has 0 N–H and O–H groups in total. The number of nitriles is 1. The number of carbonyl (C=O) groups excluding carboxylic acids is 1. The number of carbonyl (C=O) groups is 1. The van der Waals surface area contributed by atoms with Crippen LogP contribution in [0.4, 0.5) is 8.78 Å². The van der Waals surface area contributed by atoms with Crippen molar-refractivity contribution in [1.29, 1.82) is 5.26 Å². The summed E-state index contributed by atoms with van der Waals surface area (Å²) in [5.41, 5.74) is 0. The Morgan fingerprint density at radius 1 is 1.26 bits per heavy atom. The van der Waals surface area contributed by atoms with E-state index >= 15 is 0 Å². The Kier molecular flexibility index (Phi) is 6.28. The zero-order chi connectivity index (χ0) is 16.7. The molecular weight excluding hydrogens is 300 g/mol. The van der Waals surface area contributed by atoms with E-state index in [0.717, 1.165) is 50.7 Å². The van der Waals surface area contributed by atoms with Gasteiger partial charge in [0.05, 0.1) is 12.0 Å². The van der Waals surface area contributed by atoms with Gasteiger partial charge in [0, 0.05) is 12.1 Å². The summed E-state index contributed by atoms with van der Waals surface area (Å²) >= 11 is 0. The fourth-order valence-electron chi connectivity index (χ4n) is 2.89. The highest BCUT2D eigenvalue weighted by molar-refractivity contribution is 5.75. The molecule has 1 fully saturated rings. The van der Waals surface area contributed by atoms with Crippen LogP contribution in [0.25, 0.3) is 0 Å². The Morgan fingerprint density at radius 2 is 2.00 bits per heavy atom. The molecule has 2 rings (SSSR count). The number of esters is 1. The maximum Gasteiger partial charge on any atom is 0.314 e. The normalized spacial score (nSPS) is 21.1. The van der Waals surface area contributed by atoms with E-state index < -0.39 is 11.6 Å². The standard InChI is InChI=1S/C18H19F2NO2/c19-16-10-9-15(12-17(16)20)23-18(22)14-7-5-13(6-8-14)4-2-1-3-11-21/h1,3,9-10,12-14H,2,4-8H2. The van der Waals surface area contributed by atoms with Gasteiger partial charge in [-0.3, -0.25) is 4.79 Å². The zero-order valence-corrected chi connectivity index (χ0v) is 12.8. The van der Waals surface area contributed by atoms with Crippen molar-refractivity contribution >= 4 is 5.97 Å². The van der Waals surface area contributed by atoms with Gasteiger partial charge < -0.3 is 4.74 Å². The summed E-state index contributed by atoms with van der Waals surface area (Å²) in [7, 11) is 0. The molecule has 0 unspecified atom stereocenters. The highest BCUT2D eigenvalue weighted by atomic mass is 19.2. The zero-order valence-electron chi connectivity index (χ0n) is 12.8. The van der Waals surface area contributed by atoms with Gasteiger partial charge in [0.25, 0.3) is 0 Å². The van der Waals surface area contributed by atoms with Gasteiger partial charge in [-0.2, -0.15) is 5.26 Å². The Labute approximate surface area is 134 Å². The summed E-state index contributed by atoms with van der Waals surface area (Å²) in [5, 5.41) is 8.42. The summed E-state index contributed by atoms with van der Waals surface area (Å²) in [5.74, 6) is -1.95. The Balaban J connectivity index is 1.78. The van der Waals surface area contributed by atoms with Gasteiger partial charge in [-0.15, -0.1) is 0 Å². The Morgan fingerprint density at radius 3 is 2.65 bits per heavy atom. The third-order valence-corrected chi connectivity index (χ3v) is 4.22. The fraction of sp³-hybridized carbons (Fsp3) is 0.444. The second kappa shape index (κ2) is 8.42. The van der Waals surface area contributed by atoms with Crippen molar-refractivity contribution in [3.8, 4) is 11.8 Å². The van der Waals surface area contributed by atoms with Gasteiger partial charge in [0.15, 0.2) is 11.6 Å². The number of ether oxygens (including phenoxy) is 1. The highest BCUT2D eigenvalue weighted by Gasteiger charge is 2.27. The molecule has 0 saturated heterocycles. The van der Waals surface area contributed by atoms with Crippen LogP contribution in [0.2, 0.25) is 0 Å². The van der Waals surface area contributed by atoms with Crippen LogP contribution in [0.1, 0.15) is 38.5 Å². The van der Waals surface area contributed by atoms with Gasteiger partial charge in [0.1, 0.15) is 5.75 Å². The summed E-state index contributed by atoms with van der Waals surface area (Å²) in [4.78, 5) is 12.1. The van der Waals surface area contributed by atoms with Crippen LogP contribution in [0.5, 0.6) is 5.75 Å². The molecule has 0 amide bonds. The van der Waals surface area contributed by atoms with E-state index in [1.54, 1.807) is 0 Å². The first-order valence-corrected chi connectivity index (χ1v) is 7.81. The Bertz CT molecular complexity index is 614. The number of benzene rings is 1. The summed E-state index contributed by atoms with van der Waals surface area (Å²) in [6.45, 7) is 0. The molecule has 1 saturated carbocycles. The lowest BCUT2D eigenvalue weighted by Gasteiger charge is -2.26. The quantitative estimate of drug-likeness (QED) is 0.455. The van der Waals surface area contributed by atoms with E-state index in [1.807, 2.05) is 12.1 Å². The number of hydrogen-bond donors (Lipinski definition) is 0. The maximum atomic E-state index is 13.1. The summed E-state index contributed by atoms with van der Waals surface area (Å²) in [6, 6.07) is 5.06. The lowest BCUT2D eigenvalue weighted by atomic mass is 9.80. The molecule has 0 bridgehead atoms. The van der Waals surface area contributed by atoms with Gasteiger partial charge in [-0.25, -0.2) is 8.78 Å². The molecule has 122 valence electrons. The third-order valence-electron chi connectivity index (χ3n) is 4.22. The maximum absolute atomic E-state index is 13.1. The molecule has 23 heavy (non-hydrogen) atoms. The first-order valence-electron chi connectivity index (χ1n) is 7.81. The molecule has 3 nitrogen and oxygen atoms in total. The van der Waals surface area contributed by atoms with Crippen LogP contribution in [0.15, 0.2) is 30.4 Å². The molecule has 0 radical (unpaired) electrons. The van der Waals surface area contributed by atoms with Crippen molar-refractivity contribution < 1.29 is 18.3 Å². The first-order chi connectivity index (χ1) is 11.1. The SMILES string of the molecule is N#CC=CCCC1CCC(C(=O)Oc2ccc(F)c(F)c2)CC1. The van der Waals surface area contributed by atoms with Gasteiger partial charge >= 0.3 is 5.97 Å². The predicted octanol–water partition coefficient (Wildman–Crippen LogP) is 4.54. The van der Waals surface area contributed by atoms with Crippen LogP contribution in [0, 0.1) is 34.8 Å². The number of allylic oxidation sites excluding steroid dienone is 2. The third kappa shape index (κ3) is 5.17. The average Bonchev–Trinajstić information content (AvgIpc) is 2.55. The molecule has 0 aliphatic heterocycles. The molecule has 0 aromatic heterocycles. The minimum atomic E-state index is -1.02. The minimum absolute atomic E-state index is 0.0395. The largest absolute Gasteiger partial charge is 0.426 e. The molecule has 0 heterocycles. The van der Waals surface area contributed by atoms with Crippen molar-refractivity contribution in [1.82, 2.24) is 0 Å². The van der Waals surface area contributed by atoms with Crippen LogP contribution >= 0.6 is 0 Å². The van der Waals surface area contributed by atoms with Crippen molar-refractivity contribution in [2.75, 3.05) is 0 Å². The Hall–Kier alpha value is -2.22. The second-order valence-corrected chi connectivity index (χ2v) is 5.82. The van der Waals surface area contributed by atoms with E-state index in [4.69, 9.17) is 10.00 Å². The summed E-state index contributed by atoms with van der Waals surface area (Å²) in [6.07, 6.45) is 8.62. The lowest BCUT2D eigenvalue weighted by molar-refractivity contribution is -0.140. The highest BCUT2D eigenvalue weighted by Crippen LogP contribution is 2.32. The van der Waals surface area contributed by atoms with Gasteiger partial charge in [0.2, 0.25) is 0 Å². The molecule has 1 aliphatic carbocycles. The van der Waals surface area contributed by atoms with Crippen LogP contribution < -0.4 is 4.74 Å². The van der Waals surface area contributed by atoms with Crippen LogP contribution in [-0.4, -0.2) is 5.97 Å². The van der Waals surface area contributed by atoms with Crippen LogP contribution in [0.3, 0.4) is 0 Å². The fourth-order valence-corrected chi connectivity index (χ4v) is 2.89. The number of hydrogen-bond acceptors (Lipinski definition) is 3. The number of halogens is 2. The smallest absolute Gasteiger partial charge is 0.314 e. The molecular formula is C18H19F2NO2. The van der Waals surface area contributed by atoms with E-state index in [1.165, 1.54) is 12.1 Å². The van der Waals surface area contributed by atoms with Crippen molar-refractivity contribution in [3.05, 3.63) is 42.0 Å². The van der Waals surface area contributed by atoms with Crippen LogP contribution in [-0.2, 0) is 4.79 Å². The average molecular weight is 319 g/mol. The lowest BCUT2D eigenvalue weighted by Crippen LogP contribution is -2.25. The van der Waals surface area contributed by atoms with E-state index in [-0.39, 0.29) is 17.6 Å². The van der Waals surface area contributed by atoms with Crippen molar-refractivity contribution in [2.45, 2.75) is 38.5 Å². The second-order valence-electron chi connectivity index (χ2n) is 5.82. The van der Waals surface area contributed by atoms with E-state index in [2.05, 4.69) is 0 Å². The van der Waals surface area contributed by atoms with Gasteiger partial charge in [-0.1, -0.05) is 6.08 Å². The van der Waals surface area contributed by atoms with E-state index in [9.17, 15) is 13.6 Å². The molecule has 0 spiro atoms. The molecule has 0 atom stereocenters. The minimum Gasteiger partial charge on any atom is -0.426 e. The molecule has 1 aromatic rings. The number of rotatable bonds is 5. The van der Waals surface area contributed by atoms with Crippen molar-refractivity contribution in [3.63, 3.8) is 0 Å². The molecule has 1 aromatic carbocycles.